The molecule has 23 heavy (non-hydrogen) atoms. The number of rotatable bonds is 6. The molecule has 0 saturated heterocycles. The second-order valence-corrected chi connectivity index (χ2v) is 5.15. The summed E-state index contributed by atoms with van der Waals surface area (Å²) in [7, 11) is 1.85. The van der Waals surface area contributed by atoms with E-state index in [1.165, 1.54) is 22.9 Å². The number of halogens is 3. The minimum atomic E-state index is -0.509. The number of benzene rings is 1. The van der Waals surface area contributed by atoms with Crippen molar-refractivity contribution in [1.82, 2.24) is 25.6 Å². The van der Waals surface area contributed by atoms with Gasteiger partial charge in [-0.25, -0.2) is 9.07 Å². The first kappa shape index (κ1) is 19.3. The zero-order valence-electron chi connectivity index (χ0n) is 12.8. The molecule has 2 N–H and O–H groups in total. The Balaban J connectivity index is 0.00000264. The Hall–Kier alpha value is -1.70. The van der Waals surface area contributed by atoms with Crippen molar-refractivity contribution in [2.75, 3.05) is 20.1 Å². The van der Waals surface area contributed by atoms with Crippen LogP contribution in [0.4, 0.5) is 4.39 Å². The van der Waals surface area contributed by atoms with Gasteiger partial charge in [-0.1, -0.05) is 16.8 Å². The van der Waals surface area contributed by atoms with Crippen molar-refractivity contribution >= 4 is 29.9 Å². The molecule has 2 aromatic rings. The predicted molar refractivity (Wildman–Crippen MR) is 89.2 cm³/mol. The molecule has 0 bridgehead atoms. The van der Waals surface area contributed by atoms with Crippen LogP contribution < -0.4 is 10.6 Å². The van der Waals surface area contributed by atoms with E-state index in [1.54, 1.807) is 6.92 Å². The highest BCUT2D eigenvalue weighted by molar-refractivity contribution is 6.30. The van der Waals surface area contributed by atoms with Crippen molar-refractivity contribution in [2.45, 2.75) is 13.3 Å². The molecule has 6 nitrogen and oxygen atoms in total. The molecule has 1 heterocycles. The Morgan fingerprint density at radius 2 is 2.13 bits per heavy atom. The van der Waals surface area contributed by atoms with E-state index in [-0.39, 0.29) is 29.0 Å². The monoisotopic (exact) mass is 361 g/mol. The van der Waals surface area contributed by atoms with Crippen LogP contribution in [0.15, 0.2) is 18.2 Å². The van der Waals surface area contributed by atoms with Crippen molar-refractivity contribution in [3.8, 4) is 5.69 Å². The molecule has 0 aliphatic heterocycles. The fraction of sp³-hybridized carbons (Fsp3) is 0.357. The molecule has 1 aromatic carbocycles. The first-order chi connectivity index (χ1) is 10.5. The number of aromatic nitrogens is 3. The molecule has 0 atom stereocenters. The number of hydrogen-bond acceptors (Lipinski definition) is 4. The summed E-state index contributed by atoms with van der Waals surface area (Å²) >= 11 is 5.76. The zero-order valence-corrected chi connectivity index (χ0v) is 14.3. The van der Waals surface area contributed by atoms with E-state index in [2.05, 4.69) is 20.9 Å². The summed E-state index contributed by atoms with van der Waals surface area (Å²) in [6, 6.07) is 4.21. The van der Waals surface area contributed by atoms with Crippen LogP contribution in [0.1, 0.15) is 22.6 Å². The molecular weight excluding hydrogens is 344 g/mol. The van der Waals surface area contributed by atoms with Crippen LogP contribution >= 0.6 is 24.0 Å². The van der Waals surface area contributed by atoms with Gasteiger partial charge in [0.15, 0.2) is 5.69 Å². The van der Waals surface area contributed by atoms with Gasteiger partial charge in [-0.15, -0.1) is 17.5 Å². The lowest BCUT2D eigenvalue weighted by molar-refractivity contribution is 0.0947. The number of hydrogen-bond donors (Lipinski definition) is 2. The van der Waals surface area contributed by atoms with E-state index >= 15 is 0 Å². The van der Waals surface area contributed by atoms with Gasteiger partial charge in [0, 0.05) is 6.54 Å². The molecule has 9 heteroatoms. The normalized spacial score (nSPS) is 10.3. The third kappa shape index (κ3) is 4.63. The van der Waals surface area contributed by atoms with Crippen LogP contribution in [-0.2, 0) is 0 Å². The molecule has 2 rings (SSSR count). The van der Waals surface area contributed by atoms with Crippen LogP contribution in [0.3, 0.4) is 0 Å². The lowest BCUT2D eigenvalue weighted by atomic mass is 10.2. The van der Waals surface area contributed by atoms with E-state index in [0.29, 0.717) is 17.9 Å². The van der Waals surface area contributed by atoms with Crippen LogP contribution in [0.2, 0.25) is 5.02 Å². The molecule has 0 spiro atoms. The maximum atomic E-state index is 13.2. The summed E-state index contributed by atoms with van der Waals surface area (Å²) < 4.78 is 14.7. The Morgan fingerprint density at radius 1 is 1.39 bits per heavy atom. The molecule has 0 radical (unpaired) electrons. The van der Waals surface area contributed by atoms with Crippen molar-refractivity contribution in [3.63, 3.8) is 0 Å². The molecule has 1 aromatic heterocycles. The first-order valence-corrected chi connectivity index (χ1v) is 7.23. The van der Waals surface area contributed by atoms with Crippen LogP contribution in [0, 0.1) is 12.7 Å². The van der Waals surface area contributed by atoms with Crippen LogP contribution in [0.25, 0.3) is 5.69 Å². The topological polar surface area (TPSA) is 71.8 Å². The van der Waals surface area contributed by atoms with Gasteiger partial charge in [0.2, 0.25) is 0 Å². The minimum absolute atomic E-state index is 0. The average Bonchev–Trinajstić information content (AvgIpc) is 2.88. The van der Waals surface area contributed by atoms with E-state index < -0.39 is 5.82 Å². The highest BCUT2D eigenvalue weighted by atomic mass is 35.5. The molecule has 1 amide bonds. The number of nitrogens with zero attached hydrogens (tertiary/aromatic N) is 3. The molecule has 0 saturated carbocycles. The Bertz CT molecular complexity index is 677. The van der Waals surface area contributed by atoms with Gasteiger partial charge in [0.25, 0.3) is 5.91 Å². The van der Waals surface area contributed by atoms with E-state index in [4.69, 9.17) is 11.6 Å². The third-order valence-corrected chi connectivity index (χ3v) is 3.44. The lowest BCUT2D eigenvalue weighted by Gasteiger charge is -2.05. The summed E-state index contributed by atoms with van der Waals surface area (Å²) in [5.74, 6) is -0.793. The van der Waals surface area contributed by atoms with Crippen LogP contribution in [-0.4, -0.2) is 41.0 Å². The van der Waals surface area contributed by atoms with E-state index in [9.17, 15) is 9.18 Å². The van der Waals surface area contributed by atoms with Gasteiger partial charge in [0.05, 0.1) is 16.4 Å². The molecule has 0 fully saturated rings. The van der Waals surface area contributed by atoms with Crippen molar-refractivity contribution < 1.29 is 9.18 Å². The van der Waals surface area contributed by atoms with Gasteiger partial charge in [0.1, 0.15) is 5.82 Å². The van der Waals surface area contributed by atoms with Gasteiger partial charge in [-0.05, 0) is 45.1 Å². The fourth-order valence-corrected chi connectivity index (χ4v) is 2.13. The summed E-state index contributed by atoms with van der Waals surface area (Å²) in [4.78, 5) is 12.1. The number of carbonyl (C=O) groups excluding carboxylic acids is 1. The summed E-state index contributed by atoms with van der Waals surface area (Å²) in [5, 5.41) is 13.6. The van der Waals surface area contributed by atoms with E-state index in [0.717, 1.165) is 13.0 Å². The second kappa shape index (κ2) is 8.81. The molecule has 0 aliphatic rings. The highest BCUT2D eigenvalue weighted by Crippen LogP contribution is 2.20. The Morgan fingerprint density at radius 3 is 2.78 bits per heavy atom. The molecule has 0 unspecified atom stereocenters. The van der Waals surface area contributed by atoms with E-state index in [1.807, 2.05) is 7.05 Å². The van der Waals surface area contributed by atoms with Crippen LogP contribution in [0.5, 0.6) is 0 Å². The number of nitrogens with one attached hydrogen (secondary N) is 2. The molecule has 126 valence electrons. The lowest BCUT2D eigenvalue weighted by Crippen LogP contribution is -2.27. The largest absolute Gasteiger partial charge is 0.351 e. The Labute approximate surface area is 144 Å². The van der Waals surface area contributed by atoms with Gasteiger partial charge in [-0.2, -0.15) is 0 Å². The van der Waals surface area contributed by atoms with Crippen molar-refractivity contribution in [3.05, 3.63) is 40.4 Å². The average molecular weight is 362 g/mol. The van der Waals surface area contributed by atoms with Gasteiger partial charge >= 0.3 is 0 Å². The fourth-order valence-electron chi connectivity index (χ4n) is 1.95. The maximum Gasteiger partial charge on any atom is 0.273 e. The van der Waals surface area contributed by atoms with Crippen molar-refractivity contribution in [2.24, 2.45) is 0 Å². The summed E-state index contributed by atoms with van der Waals surface area (Å²) in [6.45, 7) is 3.09. The Kier molecular flexibility index (Phi) is 7.41. The number of amides is 1. The third-order valence-electron chi connectivity index (χ3n) is 3.15. The smallest absolute Gasteiger partial charge is 0.273 e. The van der Waals surface area contributed by atoms with Gasteiger partial charge in [-0.3, -0.25) is 4.79 Å². The number of carbonyl (C=O) groups is 1. The molecular formula is C14H18Cl2FN5O. The quantitative estimate of drug-likeness (QED) is 0.773. The zero-order chi connectivity index (χ0) is 16.1. The minimum Gasteiger partial charge on any atom is -0.351 e. The highest BCUT2D eigenvalue weighted by Gasteiger charge is 2.17. The summed E-state index contributed by atoms with van der Waals surface area (Å²) in [6.07, 6.45) is 0.822. The second-order valence-electron chi connectivity index (χ2n) is 4.75. The maximum absolute atomic E-state index is 13.2. The SMILES string of the molecule is CNCCCNC(=O)c1nnn(-c2ccc(F)c(Cl)c2)c1C.Cl. The first-order valence-electron chi connectivity index (χ1n) is 6.85. The molecule has 0 aliphatic carbocycles. The summed E-state index contributed by atoms with van der Waals surface area (Å²) in [5.41, 5.74) is 1.35. The standard InChI is InChI=1S/C14H17ClFN5O.ClH/c1-9-13(14(22)18-7-3-6-17-2)19-20-21(9)10-4-5-12(16)11(15)8-10;/h4-5,8,17H,3,6-7H2,1-2H3,(H,18,22);1H. The predicted octanol–water partition coefficient (Wildman–Crippen LogP) is 2.13. The van der Waals surface area contributed by atoms with Crippen molar-refractivity contribution in [1.29, 1.82) is 0 Å². The van der Waals surface area contributed by atoms with Gasteiger partial charge < -0.3 is 10.6 Å².